The number of aliphatic hydroxyl groups is 1. The number of fused-ring (bicyclic) bond motifs is 1. The highest BCUT2D eigenvalue weighted by Crippen LogP contribution is 2.31. The average Bonchev–Trinajstić information content (AvgIpc) is 2.71. The Morgan fingerprint density at radius 1 is 1.04 bits per heavy atom. The van der Waals surface area contributed by atoms with Crippen molar-refractivity contribution in [1.82, 2.24) is 19.9 Å². The summed E-state index contributed by atoms with van der Waals surface area (Å²) in [6, 6.07) is 9.84. The molecule has 8 heteroatoms. The molecule has 0 saturated carbocycles. The molecule has 1 aliphatic heterocycles. The summed E-state index contributed by atoms with van der Waals surface area (Å²) in [7, 11) is 0. The second-order valence-corrected chi connectivity index (χ2v) is 6.51. The smallest absolute Gasteiger partial charge is 0.159 e. The summed E-state index contributed by atoms with van der Waals surface area (Å²) < 4.78 is 0. The van der Waals surface area contributed by atoms with Gasteiger partial charge in [-0.05, 0) is 24.3 Å². The van der Waals surface area contributed by atoms with Crippen LogP contribution in [0.15, 0.2) is 42.9 Å². The summed E-state index contributed by atoms with van der Waals surface area (Å²) in [5.41, 5.74) is 8.76. The molecule has 0 bridgehead atoms. The molecule has 1 aliphatic rings. The quantitative estimate of drug-likeness (QED) is 0.624. The zero-order valence-corrected chi connectivity index (χ0v) is 15.0. The van der Waals surface area contributed by atoms with Crippen molar-refractivity contribution in [2.75, 3.05) is 55.3 Å². The first-order valence-corrected chi connectivity index (χ1v) is 9.05. The average molecular weight is 365 g/mol. The number of rotatable bonds is 5. The molecule has 4 N–H and O–H groups in total. The van der Waals surface area contributed by atoms with Crippen LogP contribution in [-0.4, -0.2) is 64.3 Å². The van der Waals surface area contributed by atoms with Crippen molar-refractivity contribution in [2.45, 2.75) is 0 Å². The number of nitrogens with zero attached hydrogens (tertiary/aromatic N) is 5. The summed E-state index contributed by atoms with van der Waals surface area (Å²) in [5, 5.41) is 13.4. The van der Waals surface area contributed by atoms with E-state index in [2.05, 4.69) is 30.1 Å². The molecule has 0 amide bonds. The maximum Gasteiger partial charge on any atom is 0.159 e. The number of aliphatic hydroxyl groups excluding tert-OH is 1. The molecule has 3 heterocycles. The zero-order chi connectivity index (χ0) is 18.6. The molecule has 8 nitrogen and oxygen atoms in total. The number of piperazine rings is 1. The number of hydrogen-bond donors (Lipinski definition) is 3. The van der Waals surface area contributed by atoms with Gasteiger partial charge in [0.25, 0.3) is 0 Å². The summed E-state index contributed by atoms with van der Waals surface area (Å²) in [5.74, 6) is 1.34. The second-order valence-electron chi connectivity index (χ2n) is 6.51. The Kier molecular flexibility index (Phi) is 4.99. The number of nitrogen functional groups attached to an aromatic ring is 1. The van der Waals surface area contributed by atoms with Gasteiger partial charge in [0.2, 0.25) is 0 Å². The number of benzene rings is 1. The maximum atomic E-state index is 9.09. The van der Waals surface area contributed by atoms with Gasteiger partial charge in [0.15, 0.2) is 11.6 Å². The fourth-order valence-electron chi connectivity index (χ4n) is 3.40. The predicted octanol–water partition coefficient (Wildman–Crippen LogP) is 1.46. The largest absolute Gasteiger partial charge is 0.395 e. The van der Waals surface area contributed by atoms with Crippen LogP contribution in [0.25, 0.3) is 10.9 Å². The number of hydrogen-bond acceptors (Lipinski definition) is 8. The molecule has 1 aromatic carbocycles. The molecule has 1 saturated heterocycles. The van der Waals surface area contributed by atoms with Crippen LogP contribution in [0, 0.1) is 0 Å². The summed E-state index contributed by atoms with van der Waals surface area (Å²) >= 11 is 0. The highest BCUT2D eigenvalue weighted by Gasteiger charge is 2.21. The van der Waals surface area contributed by atoms with Crippen molar-refractivity contribution in [3.63, 3.8) is 0 Å². The van der Waals surface area contributed by atoms with E-state index in [9.17, 15) is 0 Å². The highest BCUT2D eigenvalue weighted by atomic mass is 16.3. The van der Waals surface area contributed by atoms with E-state index in [0.717, 1.165) is 48.6 Å². The van der Waals surface area contributed by atoms with Crippen LogP contribution in [0.4, 0.5) is 23.0 Å². The Labute approximate surface area is 157 Å². The molecule has 140 valence electrons. The molecule has 1 fully saturated rings. The van der Waals surface area contributed by atoms with Crippen LogP contribution in [0.3, 0.4) is 0 Å². The zero-order valence-electron chi connectivity index (χ0n) is 15.0. The van der Waals surface area contributed by atoms with Gasteiger partial charge in [-0.3, -0.25) is 9.88 Å². The Bertz CT molecular complexity index is 920. The van der Waals surface area contributed by atoms with Gasteiger partial charge in [-0.2, -0.15) is 0 Å². The predicted molar refractivity (Wildman–Crippen MR) is 107 cm³/mol. The first kappa shape index (κ1) is 17.4. The van der Waals surface area contributed by atoms with Gasteiger partial charge in [0.05, 0.1) is 12.1 Å². The number of aromatic nitrogens is 3. The standard InChI is InChI=1S/C19H23N7O/c20-17-18(24-16-5-1-4-15-14(16)3-2-6-21-15)22-13-23-19(17)26-9-7-25(8-10-26)11-12-27/h1-6,13,27H,7-12,20H2,(H,22,23,24). The molecule has 2 aromatic heterocycles. The van der Waals surface area contributed by atoms with Crippen LogP contribution in [0.1, 0.15) is 0 Å². The van der Waals surface area contributed by atoms with Crippen LogP contribution in [-0.2, 0) is 0 Å². The Hall–Kier alpha value is -2.97. The number of β-amino-alcohol motifs (C(OH)–C–C–N with tert-alkyl or cyclic N) is 1. The van der Waals surface area contributed by atoms with E-state index in [-0.39, 0.29) is 6.61 Å². The summed E-state index contributed by atoms with van der Waals surface area (Å²) in [6.45, 7) is 4.28. The lowest BCUT2D eigenvalue weighted by Crippen LogP contribution is -2.47. The normalized spacial score (nSPS) is 15.2. The van der Waals surface area contributed by atoms with Gasteiger partial charge in [0, 0.05) is 50.0 Å². The topological polar surface area (TPSA) is 103 Å². The van der Waals surface area contributed by atoms with Crippen molar-refractivity contribution in [2.24, 2.45) is 0 Å². The summed E-state index contributed by atoms with van der Waals surface area (Å²) in [6.07, 6.45) is 3.32. The van der Waals surface area contributed by atoms with E-state index < -0.39 is 0 Å². The van der Waals surface area contributed by atoms with Gasteiger partial charge in [-0.15, -0.1) is 0 Å². The Balaban J connectivity index is 1.57. The fourth-order valence-corrected chi connectivity index (χ4v) is 3.40. The molecule has 0 atom stereocenters. The monoisotopic (exact) mass is 365 g/mol. The molecule has 4 rings (SSSR count). The number of nitrogens with one attached hydrogen (secondary N) is 1. The van der Waals surface area contributed by atoms with E-state index in [1.165, 1.54) is 6.33 Å². The molecular weight excluding hydrogens is 342 g/mol. The molecule has 0 radical (unpaired) electrons. The van der Waals surface area contributed by atoms with Crippen molar-refractivity contribution in [3.8, 4) is 0 Å². The highest BCUT2D eigenvalue weighted by molar-refractivity contribution is 5.94. The number of nitrogens with two attached hydrogens (primary N) is 1. The third-order valence-corrected chi connectivity index (χ3v) is 4.85. The minimum Gasteiger partial charge on any atom is -0.395 e. The van der Waals surface area contributed by atoms with Gasteiger partial charge in [0.1, 0.15) is 12.0 Å². The lowest BCUT2D eigenvalue weighted by Gasteiger charge is -2.35. The Morgan fingerprint density at radius 2 is 1.89 bits per heavy atom. The van der Waals surface area contributed by atoms with Gasteiger partial charge < -0.3 is 21.1 Å². The molecule has 0 unspecified atom stereocenters. The van der Waals surface area contributed by atoms with E-state index in [1.807, 2.05) is 30.3 Å². The third kappa shape index (κ3) is 3.62. The minimum absolute atomic E-state index is 0.184. The van der Waals surface area contributed by atoms with Crippen LogP contribution < -0.4 is 16.0 Å². The second kappa shape index (κ2) is 7.73. The van der Waals surface area contributed by atoms with E-state index in [1.54, 1.807) is 6.20 Å². The first-order valence-electron chi connectivity index (χ1n) is 9.05. The summed E-state index contributed by atoms with van der Waals surface area (Å²) in [4.78, 5) is 17.5. The maximum absolute atomic E-state index is 9.09. The van der Waals surface area contributed by atoms with E-state index in [4.69, 9.17) is 10.8 Å². The number of anilines is 4. The Morgan fingerprint density at radius 3 is 2.70 bits per heavy atom. The third-order valence-electron chi connectivity index (χ3n) is 4.85. The lowest BCUT2D eigenvalue weighted by atomic mass is 10.2. The molecule has 0 aliphatic carbocycles. The molecule has 0 spiro atoms. The SMILES string of the molecule is Nc1c(Nc2cccc3ncccc23)ncnc1N1CCN(CCO)CC1. The van der Waals surface area contributed by atoms with Crippen LogP contribution >= 0.6 is 0 Å². The van der Waals surface area contributed by atoms with Crippen molar-refractivity contribution < 1.29 is 5.11 Å². The first-order chi connectivity index (χ1) is 13.3. The van der Waals surface area contributed by atoms with Crippen molar-refractivity contribution >= 4 is 33.9 Å². The fraction of sp³-hybridized carbons (Fsp3) is 0.316. The van der Waals surface area contributed by atoms with Crippen molar-refractivity contribution in [1.29, 1.82) is 0 Å². The van der Waals surface area contributed by atoms with Crippen LogP contribution in [0.2, 0.25) is 0 Å². The van der Waals surface area contributed by atoms with E-state index in [0.29, 0.717) is 18.1 Å². The molecule has 3 aromatic rings. The van der Waals surface area contributed by atoms with Crippen molar-refractivity contribution in [3.05, 3.63) is 42.9 Å². The minimum atomic E-state index is 0.184. The molecular formula is C19H23N7O. The van der Waals surface area contributed by atoms with Gasteiger partial charge in [-0.25, -0.2) is 9.97 Å². The number of pyridine rings is 1. The van der Waals surface area contributed by atoms with Gasteiger partial charge >= 0.3 is 0 Å². The lowest BCUT2D eigenvalue weighted by molar-refractivity contribution is 0.188. The van der Waals surface area contributed by atoms with E-state index >= 15 is 0 Å². The van der Waals surface area contributed by atoms with Gasteiger partial charge in [-0.1, -0.05) is 6.07 Å². The molecule has 27 heavy (non-hydrogen) atoms. The van der Waals surface area contributed by atoms with Crippen LogP contribution in [0.5, 0.6) is 0 Å².